The molecule has 2 fully saturated rings. The second-order valence-electron chi connectivity index (χ2n) is 13.5. The summed E-state index contributed by atoms with van der Waals surface area (Å²) in [6.07, 6.45) is 1.38. The quantitative estimate of drug-likeness (QED) is 0.0872. The number of fused-ring (bicyclic) bond motifs is 1. The molecule has 0 radical (unpaired) electrons. The Morgan fingerprint density at radius 2 is 1.61 bits per heavy atom. The van der Waals surface area contributed by atoms with E-state index in [-0.39, 0.29) is 42.5 Å². The second-order valence-corrected chi connectivity index (χ2v) is 13.5. The van der Waals surface area contributed by atoms with Gasteiger partial charge in [-0.2, -0.15) is 9.97 Å². The van der Waals surface area contributed by atoms with E-state index in [0.29, 0.717) is 49.0 Å². The Labute approximate surface area is 309 Å². The van der Waals surface area contributed by atoms with Crippen molar-refractivity contribution in [3.05, 3.63) is 96.1 Å². The topological polar surface area (TPSA) is 243 Å². The molecule has 1 aliphatic carbocycles. The first-order valence-corrected chi connectivity index (χ1v) is 17.7. The minimum Gasteiger partial charge on any atom is -0.508 e. The lowest BCUT2D eigenvalue weighted by molar-refractivity contribution is -0.125. The van der Waals surface area contributed by atoms with Crippen LogP contribution < -0.4 is 26.2 Å². The molecule has 0 unspecified atom stereocenters. The maximum atomic E-state index is 12.8. The van der Waals surface area contributed by atoms with Crippen molar-refractivity contribution in [3.8, 4) is 11.5 Å². The largest absolute Gasteiger partial charge is 0.508 e. The number of benzene rings is 2. The van der Waals surface area contributed by atoms with E-state index in [0.717, 1.165) is 16.8 Å². The van der Waals surface area contributed by atoms with Crippen molar-refractivity contribution in [2.24, 2.45) is 0 Å². The number of nitrogens with zero attached hydrogens (tertiary/aromatic N) is 6. The van der Waals surface area contributed by atoms with Crippen molar-refractivity contribution in [2.45, 2.75) is 55.6 Å². The van der Waals surface area contributed by atoms with Crippen LogP contribution in [-0.4, -0.2) is 113 Å². The molecule has 2 aliphatic rings. The summed E-state index contributed by atoms with van der Waals surface area (Å²) in [7, 11) is 0. The first kappa shape index (κ1) is 36.3. The summed E-state index contributed by atoms with van der Waals surface area (Å²) in [5, 5.41) is 63.0. The van der Waals surface area contributed by atoms with E-state index >= 15 is 0 Å². The molecule has 3 amide bonds. The van der Waals surface area contributed by atoms with Crippen molar-refractivity contribution in [1.82, 2.24) is 40.5 Å². The summed E-state index contributed by atoms with van der Waals surface area (Å²) in [6.45, 7) is 0.808. The Kier molecular flexibility index (Phi) is 10.7. The van der Waals surface area contributed by atoms with Crippen molar-refractivity contribution < 1.29 is 35.1 Å². The predicted octanol–water partition coefficient (Wildman–Crippen LogP) is 1.10. The normalized spacial score (nSPS) is 21.0. The van der Waals surface area contributed by atoms with Gasteiger partial charge in [0.05, 0.1) is 30.6 Å². The standard InChI is InChI=1S/C37H42N10O7/c48-19-30(51)43-28-15-29(33(53)32(28)52)47-20-41-31-34(39-17-27(21-4-8-25(49)9-5-21)22-6-10-26(50)11-7-22)44-36(45-35(31)47)46-14-12-24(18-46)42-37(54)40-16-23-3-1-2-13-38-23/h1-11,13,20,24,27-29,32-33,48-50,52-53H,12,14-19H2,(H,43,51)(H,39,44,45)(H2,40,42,54)/t24-,28+,29-,32-,33+/m1/s1. The van der Waals surface area contributed by atoms with Crippen molar-refractivity contribution in [1.29, 1.82) is 0 Å². The molecule has 5 aromatic rings. The molecule has 0 bridgehead atoms. The van der Waals surface area contributed by atoms with Gasteiger partial charge in [0.25, 0.3) is 0 Å². The molecule has 7 rings (SSSR count). The Morgan fingerprint density at radius 3 is 2.28 bits per heavy atom. The molecule has 1 saturated carbocycles. The number of aromatic hydroxyl groups is 2. The Morgan fingerprint density at radius 1 is 0.889 bits per heavy atom. The van der Waals surface area contributed by atoms with E-state index in [4.69, 9.17) is 9.97 Å². The van der Waals surface area contributed by atoms with Crippen LogP contribution in [0.2, 0.25) is 0 Å². The van der Waals surface area contributed by atoms with Gasteiger partial charge in [0.15, 0.2) is 17.0 Å². The number of phenolic OH excluding ortho intramolecular Hbond substituents is 2. The fourth-order valence-electron chi connectivity index (χ4n) is 7.10. The fraction of sp³-hybridized carbons (Fsp3) is 0.351. The van der Waals surface area contributed by atoms with Crippen LogP contribution in [0.25, 0.3) is 11.2 Å². The minimum atomic E-state index is -1.30. The van der Waals surface area contributed by atoms with Gasteiger partial charge in [-0.25, -0.2) is 9.78 Å². The number of hydrogen-bond acceptors (Lipinski definition) is 13. The molecule has 282 valence electrons. The summed E-state index contributed by atoms with van der Waals surface area (Å²) in [5.74, 6) is 0.107. The van der Waals surface area contributed by atoms with Crippen LogP contribution in [0, 0.1) is 0 Å². The number of pyridine rings is 1. The highest BCUT2D eigenvalue weighted by Gasteiger charge is 2.44. The van der Waals surface area contributed by atoms with E-state index in [1.165, 1.54) is 6.33 Å². The summed E-state index contributed by atoms with van der Waals surface area (Å²) in [4.78, 5) is 45.4. The monoisotopic (exact) mass is 738 g/mol. The highest BCUT2D eigenvalue weighted by molar-refractivity contribution is 5.85. The van der Waals surface area contributed by atoms with Gasteiger partial charge in [-0.3, -0.25) is 9.78 Å². The van der Waals surface area contributed by atoms with Crippen LogP contribution in [0.15, 0.2) is 79.3 Å². The molecule has 9 N–H and O–H groups in total. The molecular weight excluding hydrogens is 696 g/mol. The lowest BCUT2D eigenvalue weighted by Crippen LogP contribution is -2.44. The van der Waals surface area contributed by atoms with Gasteiger partial charge in [-0.05, 0) is 60.4 Å². The van der Waals surface area contributed by atoms with Crippen LogP contribution in [-0.2, 0) is 11.3 Å². The van der Waals surface area contributed by atoms with Gasteiger partial charge < -0.3 is 56.3 Å². The number of rotatable bonds is 12. The highest BCUT2D eigenvalue weighted by atomic mass is 16.3. The number of aliphatic hydroxyl groups is 3. The second kappa shape index (κ2) is 15.9. The summed E-state index contributed by atoms with van der Waals surface area (Å²) >= 11 is 0. The zero-order valence-corrected chi connectivity index (χ0v) is 29.2. The number of amides is 3. The smallest absolute Gasteiger partial charge is 0.315 e. The third-order valence-corrected chi connectivity index (χ3v) is 9.94. The molecule has 54 heavy (non-hydrogen) atoms. The van der Waals surface area contributed by atoms with Crippen LogP contribution in [0.5, 0.6) is 11.5 Å². The number of hydrogen-bond donors (Lipinski definition) is 9. The molecule has 17 heteroatoms. The SMILES string of the molecule is O=C(CO)N[C@H]1C[C@@H](n2cnc3c(NCC(c4ccc(O)cc4)c4ccc(O)cc4)nc(N4CC[C@@H](NC(=O)NCc5ccccn5)C4)nc32)[C@H](O)[C@@H]1O. The van der Waals surface area contributed by atoms with Crippen LogP contribution in [0.3, 0.4) is 0 Å². The average Bonchev–Trinajstić information content (AvgIpc) is 3.90. The summed E-state index contributed by atoms with van der Waals surface area (Å²) in [6, 6.07) is 17.2. The van der Waals surface area contributed by atoms with Crippen molar-refractivity contribution in [2.75, 3.05) is 36.5 Å². The Balaban J connectivity index is 1.17. The lowest BCUT2D eigenvalue weighted by Gasteiger charge is -2.22. The van der Waals surface area contributed by atoms with Crippen molar-refractivity contribution >= 4 is 34.9 Å². The Hall–Kier alpha value is -6.04. The molecule has 17 nitrogen and oxygen atoms in total. The molecule has 4 heterocycles. The van der Waals surface area contributed by atoms with E-state index in [1.54, 1.807) is 35.0 Å². The lowest BCUT2D eigenvalue weighted by atomic mass is 9.91. The molecule has 5 atom stereocenters. The maximum absolute atomic E-state index is 12.8. The third kappa shape index (κ3) is 7.97. The van der Waals surface area contributed by atoms with Crippen LogP contribution in [0.1, 0.15) is 41.6 Å². The molecule has 2 aromatic carbocycles. The van der Waals surface area contributed by atoms with E-state index < -0.39 is 36.8 Å². The molecule has 1 saturated heterocycles. The summed E-state index contributed by atoms with van der Waals surface area (Å²) < 4.78 is 1.67. The van der Waals surface area contributed by atoms with Gasteiger partial charge in [-0.1, -0.05) is 30.3 Å². The van der Waals surface area contributed by atoms with Gasteiger partial charge in [0.1, 0.15) is 30.3 Å². The van der Waals surface area contributed by atoms with Gasteiger partial charge in [-0.15, -0.1) is 0 Å². The fourth-order valence-corrected chi connectivity index (χ4v) is 7.10. The minimum absolute atomic E-state index is 0.130. The third-order valence-electron chi connectivity index (χ3n) is 9.94. The number of carbonyl (C=O) groups is 2. The van der Waals surface area contributed by atoms with Crippen LogP contribution >= 0.6 is 0 Å². The molecule has 1 aliphatic heterocycles. The zero-order valence-electron chi connectivity index (χ0n) is 29.2. The number of carbonyl (C=O) groups excluding carboxylic acids is 2. The number of phenols is 2. The van der Waals surface area contributed by atoms with Gasteiger partial charge >= 0.3 is 6.03 Å². The van der Waals surface area contributed by atoms with Gasteiger partial charge in [0.2, 0.25) is 11.9 Å². The predicted molar refractivity (Wildman–Crippen MR) is 197 cm³/mol. The zero-order chi connectivity index (χ0) is 37.8. The number of imidazole rings is 1. The number of urea groups is 1. The van der Waals surface area contributed by atoms with E-state index in [1.807, 2.05) is 47.4 Å². The van der Waals surface area contributed by atoms with E-state index in [9.17, 15) is 35.1 Å². The molecular formula is C37H42N10O7. The number of nitrogens with one attached hydrogen (secondary N) is 4. The summed E-state index contributed by atoms with van der Waals surface area (Å²) in [5.41, 5.74) is 3.32. The number of aromatic nitrogens is 5. The van der Waals surface area contributed by atoms with Crippen molar-refractivity contribution in [3.63, 3.8) is 0 Å². The van der Waals surface area contributed by atoms with Crippen LogP contribution in [0.4, 0.5) is 16.6 Å². The highest BCUT2D eigenvalue weighted by Crippen LogP contribution is 2.36. The Bertz CT molecular complexity index is 2020. The number of aliphatic hydroxyl groups excluding tert-OH is 3. The molecule has 0 spiro atoms. The van der Waals surface area contributed by atoms with E-state index in [2.05, 4.69) is 31.2 Å². The first-order chi connectivity index (χ1) is 26.2. The first-order valence-electron chi connectivity index (χ1n) is 17.7. The van der Waals surface area contributed by atoms with Gasteiger partial charge in [0, 0.05) is 37.8 Å². The number of anilines is 2. The molecule has 3 aromatic heterocycles. The maximum Gasteiger partial charge on any atom is 0.315 e. The average molecular weight is 739 g/mol.